The number of carboxylic acid groups (broad SMARTS) is 2. The van der Waals surface area contributed by atoms with Crippen LogP contribution in [0, 0.1) is 0 Å². The second-order valence-electron chi connectivity index (χ2n) is 4.81. The lowest BCUT2D eigenvalue weighted by molar-refractivity contribution is -0.149. The van der Waals surface area contributed by atoms with Gasteiger partial charge < -0.3 is 31.7 Å². The van der Waals surface area contributed by atoms with Gasteiger partial charge in [-0.2, -0.15) is 0 Å². The molecule has 2 unspecified atom stereocenters. The van der Waals surface area contributed by atoms with Gasteiger partial charge in [-0.1, -0.05) is 6.92 Å². The summed E-state index contributed by atoms with van der Waals surface area (Å²) in [7, 11) is 0. The van der Waals surface area contributed by atoms with Gasteiger partial charge in [-0.05, 0) is 19.3 Å². The number of ether oxygens (including phenoxy) is 1. The zero-order chi connectivity index (χ0) is 17.8. The largest absolute Gasteiger partial charge is 0.480 e. The molecule has 0 aliphatic rings. The maximum atomic E-state index is 11.4. The van der Waals surface area contributed by atoms with Gasteiger partial charge in [0.05, 0.1) is 13.0 Å². The number of hydrogen-bond donors (Lipinski definition) is 5. The fourth-order valence-corrected chi connectivity index (χ4v) is 1.50. The molecule has 0 aromatic carbocycles. The van der Waals surface area contributed by atoms with E-state index in [1.165, 1.54) is 0 Å². The van der Waals surface area contributed by atoms with Crippen LogP contribution in [0.3, 0.4) is 0 Å². The smallest absolute Gasteiger partial charge is 0.326 e. The van der Waals surface area contributed by atoms with Crippen molar-refractivity contribution in [2.24, 2.45) is 16.5 Å². The zero-order valence-electron chi connectivity index (χ0n) is 13.0. The van der Waals surface area contributed by atoms with E-state index in [0.717, 1.165) is 0 Å². The molecule has 0 aromatic heterocycles. The highest BCUT2D eigenvalue weighted by Crippen LogP contribution is 1.98. The van der Waals surface area contributed by atoms with E-state index >= 15 is 0 Å². The van der Waals surface area contributed by atoms with Gasteiger partial charge in [0.1, 0.15) is 12.1 Å². The van der Waals surface area contributed by atoms with Gasteiger partial charge in [0.15, 0.2) is 5.96 Å². The van der Waals surface area contributed by atoms with Crippen LogP contribution < -0.4 is 16.8 Å². The lowest BCUT2D eigenvalue weighted by Crippen LogP contribution is -2.46. The van der Waals surface area contributed by atoms with Crippen LogP contribution >= 0.6 is 0 Å². The van der Waals surface area contributed by atoms with Crippen LogP contribution in [0.1, 0.15) is 32.6 Å². The quantitative estimate of drug-likeness (QED) is 0.136. The van der Waals surface area contributed by atoms with E-state index in [1.54, 1.807) is 0 Å². The Morgan fingerprint density at radius 3 is 2.43 bits per heavy atom. The molecule has 0 heterocycles. The number of carbonyl (C=O) groups excluding carboxylic acids is 1. The number of carbonyl (C=O) groups is 3. The summed E-state index contributed by atoms with van der Waals surface area (Å²) >= 11 is 0. The summed E-state index contributed by atoms with van der Waals surface area (Å²) in [5.41, 5.74) is 10.9. The molecule has 0 amide bonds. The number of aliphatic imine (C=N–C) groups is 1. The van der Waals surface area contributed by atoms with E-state index in [0.29, 0.717) is 12.8 Å². The summed E-state index contributed by atoms with van der Waals surface area (Å²) in [6.07, 6.45) is 0.859. The van der Waals surface area contributed by atoms with Crippen LogP contribution in [-0.4, -0.2) is 59.3 Å². The summed E-state index contributed by atoms with van der Waals surface area (Å²) in [6, 6.07) is -2.22. The first-order valence-corrected chi connectivity index (χ1v) is 7.21. The molecule has 23 heavy (non-hydrogen) atoms. The lowest BCUT2D eigenvalue weighted by Gasteiger charge is -2.14. The third-order valence-electron chi connectivity index (χ3n) is 2.73. The molecule has 0 fully saturated rings. The molecule has 0 rings (SSSR count). The molecule has 0 radical (unpaired) electrons. The van der Waals surface area contributed by atoms with Crippen molar-refractivity contribution >= 4 is 23.9 Å². The van der Waals surface area contributed by atoms with Gasteiger partial charge in [0.25, 0.3) is 0 Å². The van der Waals surface area contributed by atoms with Crippen molar-refractivity contribution in [3.05, 3.63) is 0 Å². The van der Waals surface area contributed by atoms with E-state index < -0.39 is 30.0 Å². The fraction of sp³-hybridized carbons (Fsp3) is 0.692. The highest BCUT2D eigenvalue weighted by molar-refractivity contribution is 5.87. The Bertz CT molecular complexity index is 440. The molecular formula is C13H24N4O6. The van der Waals surface area contributed by atoms with Crippen molar-refractivity contribution in [1.29, 1.82) is 0 Å². The van der Waals surface area contributed by atoms with Crippen LogP contribution in [0.4, 0.5) is 0 Å². The molecular weight excluding hydrogens is 308 g/mol. The molecule has 0 aliphatic heterocycles. The number of aliphatic carboxylic acids is 2. The van der Waals surface area contributed by atoms with Gasteiger partial charge in [-0.15, -0.1) is 0 Å². The van der Waals surface area contributed by atoms with Crippen LogP contribution in [0.15, 0.2) is 4.99 Å². The van der Waals surface area contributed by atoms with Gasteiger partial charge >= 0.3 is 17.9 Å². The SMILES string of the molecule is CCCOC(=O)CC(NC(N)=NCCCC(N)C(=O)O)C(=O)O. The maximum absolute atomic E-state index is 11.4. The molecule has 7 N–H and O–H groups in total. The Hall–Kier alpha value is -2.36. The average molecular weight is 332 g/mol. The van der Waals surface area contributed by atoms with Crippen molar-refractivity contribution in [3.63, 3.8) is 0 Å². The fourth-order valence-electron chi connectivity index (χ4n) is 1.50. The maximum Gasteiger partial charge on any atom is 0.326 e. The van der Waals surface area contributed by atoms with Crippen LogP contribution in [0.5, 0.6) is 0 Å². The Kier molecular flexibility index (Phi) is 10.1. The number of rotatable bonds is 11. The third-order valence-corrected chi connectivity index (χ3v) is 2.73. The van der Waals surface area contributed by atoms with Gasteiger partial charge in [-0.3, -0.25) is 14.6 Å². The first kappa shape index (κ1) is 20.6. The number of carboxylic acids is 2. The van der Waals surface area contributed by atoms with Crippen LogP contribution in [-0.2, 0) is 19.1 Å². The first-order valence-electron chi connectivity index (χ1n) is 7.21. The number of esters is 1. The minimum Gasteiger partial charge on any atom is -0.480 e. The Labute approximate surface area is 133 Å². The number of nitrogens with zero attached hydrogens (tertiary/aromatic N) is 1. The molecule has 0 saturated carbocycles. The Morgan fingerprint density at radius 2 is 1.91 bits per heavy atom. The predicted molar refractivity (Wildman–Crippen MR) is 81.8 cm³/mol. The van der Waals surface area contributed by atoms with Crippen molar-refractivity contribution in [1.82, 2.24) is 5.32 Å². The minimum absolute atomic E-state index is 0.149. The first-order chi connectivity index (χ1) is 10.8. The van der Waals surface area contributed by atoms with E-state index in [-0.39, 0.29) is 32.0 Å². The van der Waals surface area contributed by atoms with Crippen LogP contribution in [0.25, 0.3) is 0 Å². The number of hydrogen-bond acceptors (Lipinski definition) is 6. The average Bonchev–Trinajstić information content (AvgIpc) is 2.48. The molecule has 132 valence electrons. The molecule has 10 nitrogen and oxygen atoms in total. The van der Waals surface area contributed by atoms with E-state index in [4.69, 9.17) is 26.4 Å². The predicted octanol–water partition coefficient (Wildman–Crippen LogP) is -1.12. The van der Waals surface area contributed by atoms with Gasteiger partial charge in [0, 0.05) is 6.54 Å². The van der Waals surface area contributed by atoms with Crippen molar-refractivity contribution < 1.29 is 29.3 Å². The summed E-state index contributed by atoms with van der Waals surface area (Å²) in [5, 5.41) is 20.1. The third kappa shape index (κ3) is 10.1. The standard InChI is InChI=1S/C13H24N4O6/c1-2-6-23-10(18)7-9(12(21)22)17-13(15)16-5-3-4-8(14)11(19)20/h8-9H,2-7,14H2,1H3,(H,19,20)(H,21,22)(H3,15,16,17). The number of nitrogens with one attached hydrogen (secondary N) is 1. The molecule has 0 aromatic rings. The Morgan fingerprint density at radius 1 is 1.26 bits per heavy atom. The van der Waals surface area contributed by atoms with E-state index in [2.05, 4.69) is 10.3 Å². The Balaban J connectivity index is 4.30. The molecule has 2 atom stereocenters. The van der Waals surface area contributed by atoms with Crippen molar-refractivity contribution in [3.8, 4) is 0 Å². The van der Waals surface area contributed by atoms with Gasteiger partial charge in [-0.25, -0.2) is 4.79 Å². The summed E-state index contributed by atoms with van der Waals surface area (Å²) in [5.74, 6) is -3.15. The lowest BCUT2D eigenvalue weighted by atomic mass is 10.2. The zero-order valence-corrected chi connectivity index (χ0v) is 13.0. The van der Waals surface area contributed by atoms with Crippen molar-refractivity contribution in [2.45, 2.75) is 44.7 Å². The van der Waals surface area contributed by atoms with Gasteiger partial charge in [0.2, 0.25) is 0 Å². The number of guanidine groups is 1. The summed E-state index contributed by atoms with van der Waals surface area (Å²) < 4.78 is 4.81. The highest BCUT2D eigenvalue weighted by atomic mass is 16.5. The normalized spacial score (nSPS) is 13.9. The second-order valence-corrected chi connectivity index (χ2v) is 4.81. The molecule has 0 spiro atoms. The van der Waals surface area contributed by atoms with E-state index in [9.17, 15) is 14.4 Å². The van der Waals surface area contributed by atoms with E-state index in [1.807, 2.05) is 6.92 Å². The van der Waals surface area contributed by atoms with Crippen molar-refractivity contribution in [2.75, 3.05) is 13.2 Å². The monoisotopic (exact) mass is 332 g/mol. The molecule has 10 heteroatoms. The minimum atomic E-state index is -1.26. The molecule has 0 bridgehead atoms. The second kappa shape index (κ2) is 11.2. The van der Waals surface area contributed by atoms with Crippen LogP contribution in [0.2, 0.25) is 0 Å². The topological polar surface area (TPSA) is 177 Å². The molecule has 0 saturated heterocycles. The summed E-state index contributed by atoms with van der Waals surface area (Å²) in [4.78, 5) is 36.9. The highest BCUT2D eigenvalue weighted by Gasteiger charge is 2.22. The summed E-state index contributed by atoms with van der Waals surface area (Å²) in [6.45, 7) is 2.23. The number of nitrogens with two attached hydrogens (primary N) is 2. The molecule has 0 aliphatic carbocycles.